The summed E-state index contributed by atoms with van der Waals surface area (Å²) in [5.41, 5.74) is 6.27. The number of ether oxygens (including phenoxy) is 5. The number of hydrogen-bond donors (Lipinski definition) is 2. The SMILES string of the molecule is CCOC(=O)C(CC/C=C/[C@H]1O[C@@H](n2cnc3c(N)ncnc32)[C@@H]2OC(C)(C)O[C@@H]21)NC(=O)OC(C)(C)C. The number of esters is 1. The van der Waals surface area contributed by atoms with Crippen LogP contribution < -0.4 is 11.1 Å². The van der Waals surface area contributed by atoms with Crippen molar-refractivity contribution in [2.75, 3.05) is 12.3 Å². The van der Waals surface area contributed by atoms with Crippen molar-refractivity contribution < 1.29 is 33.3 Å². The molecule has 3 N–H and O–H groups in total. The molecule has 0 radical (unpaired) electrons. The number of imidazole rings is 1. The second-order valence-corrected chi connectivity index (χ2v) is 10.6. The third-order valence-corrected chi connectivity index (χ3v) is 5.94. The number of nitrogen functional groups attached to an aromatic ring is 1. The number of fused-ring (bicyclic) bond motifs is 2. The molecule has 208 valence electrons. The maximum absolute atomic E-state index is 12.4. The molecule has 0 aliphatic carbocycles. The molecule has 2 aliphatic heterocycles. The molecule has 38 heavy (non-hydrogen) atoms. The number of aromatic nitrogens is 4. The van der Waals surface area contributed by atoms with Crippen molar-refractivity contribution in [3.05, 3.63) is 24.8 Å². The van der Waals surface area contributed by atoms with Crippen molar-refractivity contribution in [2.24, 2.45) is 0 Å². The van der Waals surface area contributed by atoms with Crippen molar-refractivity contribution in [1.29, 1.82) is 0 Å². The predicted octanol–water partition coefficient (Wildman–Crippen LogP) is 2.62. The van der Waals surface area contributed by atoms with Gasteiger partial charge in [-0.25, -0.2) is 24.5 Å². The van der Waals surface area contributed by atoms with E-state index in [0.29, 0.717) is 24.0 Å². The van der Waals surface area contributed by atoms with E-state index in [9.17, 15) is 9.59 Å². The van der Waals surface area contributed by atoms with Crippen molar-refractivity contribution in [2.45, 2.75) is 96.4 Å². The van der Waals surface area contributed by atoms with Crippen LogP contribution in [0.15, 0.2) is 24.8 Å². The molecule has 2 fully saturated rings. The summed E-state index contributed by atoms with van der Waals surface area (Å²) >= 11 is 0. The molecule has 2 aliphatic rings. The van der Waals surface area contributed by atoms with E-state index >= 15 is 0 Å². The number of nitrogens with zero attached hydrogens (tertiary/aromatic N) is 4. The van der Waals surface area contributed by atoms with E-state index in [2.05, 4.69) is 20.3 Å². The van der Waals surface area contributed by atoms with E-state index in [-0.39, 0.29) is 18.5 Å². The Hall–Kier alpha value is -3.29. The highest BCUT2D eigenvalue weighted by molar-refractivity contribution is 5.82. The minimum absolute atomic E-state index is 0.203. The lowest BCUT2D eigenvalue weighted by molar-refractivity contribution is -0.191. The Morgan fingerprint density at radius 3 is 2.68 bits per heavy atom. The van der Waals surface area contributed by atoms with Crippen LogP contribution in [0.25, 0.3) is 11.2 Å². The lowest BCUT2D eigenvalue weighted by atomic mass is 10.1. The zero-order valence-electron chi connectivity index (χ0n) is 22.5. The van der Waals surface area contributed by atoms with Crippen LogP contribution >= 0.6 is 0 Å². The van der Waals surface area contributed by atoms with Gasteiger partial charge in [-0.2, -0.15) is 0 Å². The Morgan fingerprint density at radius 2 is 1.97 bits per heavy atom. The number of allylic oxidation sites excluding steroid dienone is 1. The van der Waals surface area contributed by atoms with Crippen LogP contribution in [-0.2, 0) is 28.5 Å². The van der Waals surface area contributed by atoms with E-state index in [0.717, 1.165) is 0 Å². The van der Waals surface area contributed by atoms with Gasteiger partial charge < -0.3 is 34.7 Å². The molecule has 4 heterocycles. The summed E-state index contributed by atoms with van der Waals surface area (Å²) in [5.74, 6) is -1.05. The summed E-state index contributed by atoms with van der Waals surface area (Å²) in [7, 11) is 0. The topological polar surface area (TPSA) is 162 Å². The summed E-state index contributed by atoms with van der Waals surface area (Å²) in [6.07, 6.45) is 5.02. The summed E-state index contributed by atoms with van der Waals surface area (Å²) < 4.78 is 30.8. The molecule has 0 bridgehead atoms. The number of amides is 1. The zero-order valence-corrected chi connectivity index (χ0v) is 22.5. The highest BCUT2D eigenvalue weighted by atomic mass is 16.8. The van der Waals surface area contributed by atoms with Crippen molar-refractivity contribution in [1.82, 2.24) is 24.8 Å². The molecule has 0 spiro atoms. The molecule has 2 aromatic rings. The maximum atomic E-state index is 12.4. The Kier molecular flexibility index (Phi) is 7.90. The summed E-state index contributed by atoms with van der Waals surface area (Å²) in [6, 6.07) is -0.855. The molecule has 5 atom stereocenters. The maximum Gasteiger partial charge on any atom is 0.408 e. The lowest BCUT2D eigenvalue weighted by Gasteiger charge is -2.24. The first-order valence-corrected chi connectivity index (χ1v) is 12.7. The number of rotatable bonds is 8. The Labute approximate surface area is 221 Å². The van der Waals surface area contributed by atoms with Crippen molar-refractivity contribution in [3.8, 4) is 0 Å². The number of carbonyl (C=O) groups excluding carboxylic acids is 2. The number of hydrogen-bond acceptors (Lipinski definition) is 11. The van der Waals surface area contributed by atoms with E-state index < -0.39 is 47.9 Å². The molecular formula is C25H36N6O7. The van der Waals surface area contributed by atoms with Gasteiger partial charge in [0.25, 0.3) is 0 Å². The van der Waals surface area contributed by atoms with Crippen LogP contribution in [0.3, 0.4) is 0 Å². The molecular weight excluding hydrogens is 496 g/mol. The fraction of sp³-hybridized carbons (Fsp3) is 0.640. The van der Waals surface area contributed by atoms with Crippen LogP contribution in [0.4, 0.5) is 10.6 Å². The molecule has 1 amide bonds. The number of nitrogens with one attached hydrogen (secondary N) is 1. The van der Waals surface area contributed by atoms with E-state index in [1.165, 1.54) is 6.33 Å². The summed E-state index contributed by atoms with van der Waals surface area (Å²) in [4.78, 5) is 37.3. The second-order valence-electron chi connectivity index (χ2n) is 10.6. The van der Waals surface area contributed by atoms with Gasteiger partial charge >= 0.3 is 12.1 Å². The zero-order chi connectivity index (χ0) is 27.7. The third kappa shape index (κ3) is 6.22. The molecule has 0 saturated carbocycles. The highest BCUT2D eigenvalue weighted by Crippen LogP contribution is 2.44. The van der Waals surface area contributed by atoms with Gasteiger partial charge in [0.05, 0.1) is 12.9 Å². The molecule has 2 aromatic heterocycles. The van der Waals surface area contributed by atoms with Crippen LogP contribution in [-0.4, -0.2) is 73.9 Å². The predicted molar refractivity (Wildman–Crippen MR) is 136 cm³/mol. The van der Waals surface area contributed by atoms with Crippen LogP contribution in [0.2, 0.25) is 0 Å². The second kappa shape index (κ2) is 10.8. The third-order valence-electron chi connectivity index (χ3n) is 5.94. The minimum atomic E-state index is -0.855. The Morgan fingerprint density at radius 1 is 1.24 bits per heavy atom. The monoisotopic (exact) mass is 532 g/mol. The van der Waals surface area contributed by atoms with Gasteiger partial charge in [-0.3, -0.25) is 4.57 Å². The molecule has 13 heteroatoms. The van der Waals surface area contributed by atoms with Gasteiger partial charge in [0.1, 0.15) is 41.8 Å². The van der Waals surface area contributed by atoms with Gasteiger partial charge in [0.2, 0.25) is 0 Å². The van der Waals surface area contributed by atoms with E-state index in [4.69, 9.17) is 29.4 Å². The van der Waals surface area contributed by atoms with Gasteiger partial charge in [0, 0.05) is 0 Å². The fourth-order valence-corrected chi connectivity index (χ4v) is 4.48. The molecule has 0 aromatic carbocycles. The first kappa shape index (κ1) is 27.7. The number of alkyl carbamates (subject to hydrolysis) is 1. The largest absolute Gasteiger partial charge is 0.464 e. The lowest BCUT2D eigenvalue weighted by Crippen LogP contribution is -2.44. The highest BCUT2D eigenvalue weighted by Gasteiger charge is 2.55. The Bertz CT molecular complexity index is 1190. The van der Waals surface area contributed by atoms with Crippen LogP contribution in [0.5, 0.6) is 0 Å². The first-order chi connectivity index (χ1) is 17.9. The van der Waals surface area contributed by atoms with Crippen molar-refractivity contribution in [3.63, 3.8) is 0 Å². The number of anilines is 1. The average molecular weight is 533 g/mol. The fourth-order valence-electron chi connectivity index (χ4n) is 4.48. The van der Waals surface area contributed by atoms with Crippen molar-refractivity contribution >= 4 is 29.0 Å². The summed E-state index contributed by atoms with van der Waals surface area (Å²) in [5, 5.41) is 2.60. The molecule has 13 nitrogen and oxygen atoms in total. The van der Waals surface area contributed by atoms with Gasteiger partial charge in [-0.1, -0.05) is 12.2 Å². The van der Waals surface area contributed by atoms with Crippen LogP contribution in [0.1, 0.15) is 60.6 Å². The van der Waals surface area contributed by atoms with E-state index in [1.807, 2.05) is 26.0 Å². The quantitative estimate of drug-likeness (QED) is 0.379. The van der Waals surface area contributed by atoms with Gasteiger partial charge in [-0.05, 0) is 54.4 Å². The molecule has 2 saturated heterocycles. The Balaban J connectivity index is 1.45. The van der Waals surface area contributed by atoms with Gasteiger partial charge in [0.15, 0.2) is 23.5 Å². The normalized spacial score (nSPS) is 25.4. The van der Waals surface area contributed by atoms with E-state index in [1.54, 1.807) is 38.6 Å². The number of carbonyl (C=O) groups is 2. The summed E-state index contributed by atoms with van der Waals surface area (Å²) in [6.45, 7) is 10.9. The average Bonchev–Trinajstić information content (AvgIpc) is 3.46. The smallest absolute Gasteiger partial charge is 0.408 e. The minimum Gasteiger partial charge on any atom is -0.464 e. The van der Waals surface area contributed by atoms with Crippen LogP contribution in [0, 0.1) is 0 Å². The first-order valence-electron chi connectivity index (χ1n) is 12.7. The molecule has 1 unspecified atom stereocenters. The molecule has 4 rings (SSSR count). The number of nitrogens with two attached hydrogens (primary N) is 1. The van der Waals surface area contributed by atoms with Gasteiger partial charge in [-0.15, -0.1) is 0 Å². The standard InChI is InChI=1S/C25H36N6O7/c1-7-34-22(32)14(30-23(33)38-24(2,3)4)10-8-9-11-15-17-18(37-25(5,6)36-17)21(35-15)31-13-29-16-19(26)27-12-28-20(16)31/h9,11-15,17-18,21H,7-8,10H2,1-6H3,(H,30,33)(H2,26,27,28)/b11-9+/t14?,15-,17-,18-,21-/m1/s1.